The molecule has 0 aromatic heterocycles. The van der Waals surface area contributed by atoms with Crippen LogP contribution < -0.4 is 0 Å². The maximum absolute atomic E-state index is 12.6. The number of likely N-dealkylation sites (N-methyl/N-ethyl adjacent to an activating group) is 1. The Balaban J connectivity index is 2.70. The highest BCUT2D eigenvalue weighted by atomic mass is 16.5. The van der Waals surface area contributed by atoms with Crippen LogP contribution in [0.25, 0.3) is 0 Å². The number of benzene rings is 1. The van der Waals surface area contributed by atoms with Crippen LogP contribution in [0.1, 0.15) is 45.6 Å². The molecule has 1 aromatic carbocycles. The SMILES string of the molecule is CC[C@@H](C)[C@@H](C(=O)OCC[N+](C)(CC)CC)c1ccccc1. The number of esters is 1. The summed E-state index contributed by atoms with van der Waals surface area (Å²) in [5, 5.41) is 0. The van der Waals surface area contributed by atoms with Crippen LogP contribution in [0.4, 0.5) is 0 Å². The molecule has 0 radical (unpaired) electrons. The van der Waals surface area contributed by atoms with Gasteiger partial charge in [0.05, 0.1) is 26.1 Å². The highest BCUT2D eigenvalue weighted by molar-refractivity contribution is 5.78. The molecular formula is C19H32NO2+. The molecule has 1 rings (SSSR count). The minimum absolute atomic E-state index is 0.0840. The molecule has 2 atom stereocenters. The molecule has 0 aliphatic rings. The lowest BCUT2D eigenvalue weighted by Gasteiger charge is -2.32. The van der Waals surface area contributed by atoms with Gasteiger partial charge < -0.3 is 9.22 Å². The van der Waals surface area contributed by atoms with Gasteiger partial charge in [0.25, 0.3) is 0 Å². The lowest BCUT2D eigenvalue weighted by atomic mass is 9.86. The van der Waals surface area contributed by atoms with Gasteiger partial charge in [-0.05, 0) is 25.3 Å². The lowest BCUT2D eigenvalue weighted by Crippen LogP contribution is -2.46. The summed E-state index contributed by atoms with van der Waals surface area (Å²) in [6.45, 7) is 12.1. The molecule has 0 N–H and O–H groups in total. The Bertz CT molecular complexity index is 440. The van der Waals surface area contributed by atoms with Crippen LogP contribution in [0.15, 0.2) is 30.3 Å². The van der Waals surface area contributed by atoms with Crippen molar-refractivity contribution in [3.8, 4) is 0 Å². The molecule has 0 saturated heterocycles. The second-order valence-corrected chi connectivity index (χ2v) is 6.42. The summed E-state index contributed by atoms with van der Waals surface area (Å²) < 4.78 is 6.56. The predicted octanol–water partition coefficient (Wildman–Crippen LogP) is 3.85. The molecule has 3 nitrogen and oxygen atoms in total. The van der Waals surface area contributed by atoms with E-state index in [1.54, 1.807) is 0 Å². The van der Waals surface area contributed by atoms with E-state index in [-0.39, 0.29) is 17.8 Å². The van der Waals surface area contributed by atoms with E-state index in [0.29, 0.717) is 6.61 Å². The van der Waals surface area contributed by atoms with Gasteiger partial charge in [-0.15, -0.1) is 0 Å². The monoisotopic (exact) mass is 306 g/mol. The van der Waals surface area contributed by atoms with Crippen molar-refractivity contribution in [1.29, 1.82) is 0 Å². The Hall–Kier alpha value is -1.35. The van der Waals surface area contributed by atoms with E-state index in [9.17, 15) is 4.79 Å². The van der Waals surface area contributed by atoms with Crippen molar-refractivity contribution in [2.75, 3.05) is 33.3 Å². The van der Waals surface area contributed by atoms with Crippen LogP contribution in [0.2, 0.25) is 0 Å². The molecule has 0 aliphatic heterocycles. The second kappa shape index (κ2) is 8.94. The van der Waals surface area contributed by atoms with Gasteiger partial charge in [0.15, 0.2) is 0 Å². The number of quaternary nitrogens is 1. The Morgan fingerprint density at radius 2 is 1.73 bits per heavy atom. The van der Waals surface area contributed by atoms with E-state index in [2.05, 4.69) is 34.7 Å². The van der Waals surface area contributed by atoms with Gasteiger partial charge in [-0.2, -0.15) is 0 Å². The zero-order chi connectivity index (χ0) is 16.6. The zero-order valence-corrected chi connectivity index (χ0v) is 14.8. The molecule has 22 heavy (non-hydrogen) atoms. The van der Waals surface area contributed by atoms with Gasteiger partial charge in [0, 0.05) is 0 Å². The number of ether oxygens (including phenoxy) is 1. The first-order valence-electron chi connectivity index (χ1n) is 8.52. The molecule has 124 valence electrons. The Labute approximate surface area is 135 Å². The minimum atomic E-state index is -0.159. The first kappa shape index (κ1) is 18.7. The fourth-order valence-corrected chi connectivity index (χ4v) is 2.59. The lowest BCUT2D eigenvalue weighted by molar-refractivity contribution is -0.906. The van der Waals surface area contributed by atoms with E-state index >= 15 is 0 Å². The molecule has 0 aliphatic carbocycles. The third-order valence-corrected chi connectivity index (χ3v) is 5.03. The van der Waals surface area contributed by atoms with Gasteiger partial charge in [-0.1, -0.05) is 50.6 Å². The standard InChI is InChI=1S/C19H32NO2/c1-6-16(4)18(17-12-10-9-11-13-17)19(21)22-15-14-20(5,7-2)8-3/h9-13,16,18H,6-8,14-15H2,1-5H3/q+1/t16-,18-/m1/s1. The molecular weight excluding hydrogens is 274 g/mol. The van der Waals surface area contributed by atoms with Crippen molar-refractivity contribution >= 4 is 5.97 Å². The van der Waals surface area contributed by atoms with Crippen LogP contribution in [0.3, 0.4) is 0 Å². The van der Waals surface area contributed by atoms with Gasteiger partial charge in [-0.25, -0.2) is 0 Å². The number of nitrogens with zero attached hydrogens (tertiary/aromatic N) is 1. The predicted molar refractivity (Wildman–Crippen MR) is 91.7 cm³/mol. The third kappa shape index (κ3) is 5.13. The maximum atomic E-state index is 12.6. The Morgan fingerprint density at radius 1 is 1.14 bits per heavy atom. The molecule has 3 heteroatoms. The van der Waals surface area contributed by atoms with Crippen molar-refractivity contribution in [2.45, 2.75) is 40.0 Å². The quantitative estimate of drug-likeness (QED) is 0.512. The van der Waals surface area contributed by atoms with Crippen molar-refractivity contribution in [3.05, 3.63) is 35.9 Å². The van der Waals surface area contributed by atoms with Crippen molar-refractivity contribution in [1.82, 2.24) is 0 Å². The zero-order valence-electron chi connectivity index (χ0n) is 14.8. The van der Waals surface area contributed by atoms with Gasteiger partial charge in [-0.3, -0.25) is 4.79 Å². The van der Waals surface area contributed by atoms with E-state index < -0.39 is 0 Å². The molecule has 0 heterocycles. The number of hydrogen-bond acceptors (Lipinski definition) is 2. The number of hydrogen-bond donors (Lipinski definition) is 0. The van der Waals surface area contributed by atoms with Gasteiger partial charge in [0.2, 0.25) is 0 Å². The first-order chi connectivity index (χ1) is 10.5. The Kier molecular flexibility index (Phi) is 7.60. The molecule has 0 bridgehead atoms. The number of carbonyl (C=O) groups is 1. The smallest absolute Gasteiger partial charge is 0.313 e. The molecule has 0 saturated carbocycles. The van der Waals surface area contributed by atoms with Crippen LogP contribution >= 0.6 is 0 Å². The van der Waals surface area contributed by atoms with Crippen LogP contribution in [-0.2, 0) is 9.53 Å². The molecule has 0 fully saturated rings. The summed E-state index contributed by atoms with van der Waals surface area (Å²) in [5.74, 6) is 0.0423. The summed E-state index contributed by atoms with van der Waals surface area (Å²) in [7, 11) is 2.21. The van der Waals surface area contributed by atoms with Crippen LogP contribution in [0, 0.1) is 5.92 Å². The van der Waals surface area contributed by atoms with Crippen LogP contribution in [-0.4, -0.2) is 43.7 Å². The summed E-state index contributed by atoms with van der Waals surface area (Å²) >= 11 is 0. The fraction of sp³-hybridized carbons (Fsp3) is 0.632. The van der Waals surface area contributed by atoms with E-state index in [1.165, 1.54) is 0 Å². The Morgan fingerprint density at radius 3 is 2.23 bits per heavy atom. The second-order valence-electron chi connectivity index (χ2n) is 6.42. The van der Waals surface area contributed by atoms with Crippen molar-refractivity contribution < 1.29 is 14.0 Å². The molecule has 0 unspecified atom stereocenters. The highest BCUT2D eigenvalue weighted by Gasteiger charge is 2.28. The maximum Gasteiger partial charge on any atom is 0.313 e. The normalized spacial score (nSPS) is 14.4. The van der Waals surface area contributed by atoms with Gasteiger partial charge >= 0.3 is 5.97 Å². The fourth-order valence-electron chi connectivity index (χ4n) is 2.59. The molecule has 1 aromatic rings. The average Bonchev–Trinajstić information content (AvgIpc) is 2.55. The third-order valence-electron chi connectivity index (χ3n) is 5.03. The minimum Gasteiger partial charge on any atom is -0.459 e. The molecule has 0 spiro atoms. The van der Waals surface area contributed by atoms with E-state index in [4.69, 9.17) is 4.74 Å². The number of rotatable bonds is 9. The summed E-state index contributed by atoms with van der Waals surface area (Å²) in [4.78, 5) is 12.6. The topological polar surface area (TPSA) is 26.3 Å². The average molecular weight is 306 g/mol. The van der Waals surface area contributed by atoms with Crippen molar-refractivity contribution in [2.24, 2.45) is 5.92 Å². The first-order valence-corrected chi connectivity index (χ1v) is 8.52. The molecule has 0 amide bonds. The number of carbonyl (C=O) groups excluding carboxylic acids is 1. The highest BCUT2D eigenvalue weighted by Crippen LogP contribution is 2.28. The summed E-state index contributed by atoms with van der Waals surface area (Å²) in [6, 6.07) is 10.0. The van der Waals surface area contributed by atoms with Gasteiger partial charge in [0.1, 0.15) is 13.2 Å². The summed E-state index contributed by atoms with van der Waals surface area (Å²) in [5.41, 5.74) is 1.06. The van der Waals surface area contributed by atoms with Crippen molar-refractivity contribution in [3.63, 3.8) is 0 Å². The van der Waals surface area contributed by atoms with E-state index in [1.807, 2.05) is 30.3 Å². The van der Waals surface area contributed by atoms with Crippen LogP contribution in [0.5, 0.6) is 0 Å². The largest absolute Gasteiger partial charge is 0.459 e. The summed E-state index contributed by atoms with van der Waals surface area (Å²) in [6.07, 6.45) is 0.965. The van der Waals surface area contributed by atoms with E-state index in [0.717, 1.165) is 36.1 Å².